The molecule has 4 rings (SSSR count). The Morgan fingerprint density at radius 3 is 2.76 bits per heavy atom. The van der Waals surface area contributed by atoms with E-state index < -0.39 is 5.91 Å². The quantitative estimate of drug-likeness (QED) is 0.393. The third-order valence-electron chi connectivity index (χ3n) is 4.00. The zero-order valence-corrected chi connectivity index (χ0v) is 14.8. The van der Waals surface area contributed by atoms with E-state index in [-0.39, 0.29) is 29.7 Å². The summed E-state index contributed by atoms with van der Waals surface area (Å²) >= 11 is 0. The van der Waals surface area contributed by atoms with Gasteiger partial charge in [0, 0.05) is 25.1 Å². The maximum Gasteiger partial charge on any atom is 0.279 e. The van der Waals surface area contributed by atoms with Crippen molar-refractivity contribution in [1.82, 2.24) is 35.7 Å². The minimum absolute atomic E-state index is 0.108. The van der Waals surface area contributed by atoms with E-state index in [4.69, 9.17) is 0 Å². The SMILES string of the molecule is O=C(Nc1cc(CNC(=O)c2ccnc3nn[nH]c23)ccn1)c1ncccc1O. The molecule has 4 heterocycles. The standard InChI is InChI=1S/C18H14N8O3/c27-12-2-1-5-20-15(12)18(29)23-13-8-10(3-6-19-13)9-22-17(28)11-4-7-21-16-14(11)24-26-25-16/h1-8,27H,9H2,(H,22,28)(H,19,23,29)(H,21,24,25,26). The molecular weight excluding hydrogens is 376 g/mol. The summed E-state index contributed by atoms with van der Waals surface area (Å²) < 4.78 is 0. The minimum atomic E-state index is -0.595. The molecule has 0 aliphatic rings. The van der Waals surface area contributed by atoms with E-state index in [2.05, 4.69) is 41.0 Å². The predicted octanol–water partition coefficient (Wildman–Crippen LogP) is 1.03. The van der Waals surface area contributed by atoms with E-state index in [0.29, 0.717) is 22.3 Å². The highest BCUT2D eigenvalue weighted by Crippen LogP contribution is 2.15. The van der Waals surface area contributed by atoms with Gasteiger partial charge in [0.05, 0.1) is 5.56 Å². The summed E-state index contributed by atoms with van der Waals surface area (Å²) in [6.45, 7) is 0.199. The minimum Gasteiger partial charge on any atom is -0.505 e. The number of H-pyrrole nitrogens is 1. The van der Waals surface area contributed by atoms with Gasteiger partial charge in [0.1, 0.15) is 17.1 Å². The molecule has 0 spiro atoms. The van der Waals surface area contributed by atoms with Crippen molar-refractivity contribution in [3.63, 3.8) is 0 Å². The average molecular weight is 390 g/mol. The van der Waals surface area contributed by atoms with Crippen molar-refractivity contribution < 1.29 is 14.7 Å². The second-order valence-electron chi connectivity index (χ2n) is 5.93. The Balaban J connectivity index is 1.44. The Hall–Kier alpha value is -4.41. The van der Waals surface area contributed by atoms with Gasteiger partial charge in [0.2, 0.25) is 5.65 Å². The molecule has 0 atom stereocenters. The summed E-state index contributed by atoms with van der Waals surface area (Å²) in [4.78, 5) is 36.6. The van der Waals surface area contributed by atoms with Crippen LogP contribution < -0.4 is 10.6 Å². The normalized spacial score (nSPS) is 10.6. The molecule has 0 saturated heterocycles. The monoisotopic (exact) mass is 390 g/mol. The second kappa shape index (κ2) is 7.68. The average Bonchev–Trinajstić information content (AvgIpc) is 3.21. The van der Waals surface area contributed by atoms with Gasteiger partial charge in [-0.1, -0.05) is 5.21 Å². The second-order valence-corrected chi connectivity index (χ2v) is 5.93. The number of hydrogen-bond donors (Lipinski definition) is 4. The third-order valence-corrected chi connectivity index (χ3v) is 4.00. The molecule has 29 heavy (non-hydrogen) atoms. The number of carbonyl (C=O) groups is 2. The first kappa shape index (κ1) is 18.0. The highest BCUT2D eigenvalue weighted by Gasteiger charge is 2.14. The van der Waals surface area contributed by atoms with E-state index in [1.165, 1.54) is 30.7 Å². The van der Waals surface area contributed by atoms with Crippen LogP contribution in [0.1, 0.15) is 26.4 Å². The number of carbonyl (C=O) groups excluding carboxylic acids is 2. The molecule has 0 unspecified atom stereocenters. The Labute approximate surface area is 163 Å². The van der Waals surface area contributed by atoms with Gasteiger partial charge >= 0.3 is 0 Å². The molecule has 144 valence electrons. The fourth-order valence-corrected chi connectivity index (χ4v) is 2.63. The molecular formula is C18H14N8O3. The molecule has 11 heteroatoms. The van der Waals surface area contributed by atoms with Crippen LogP contribution in [0.15, 0.2) is 48.9 Å². The van der Waals surface area contributed by atoms with Gasteiger partial charge in [0.25, 0.3) is 11.8 Å². The van der Waals surface area contributed by atoms with Gasteiger partial charge in [0.15, 0.2) is 5.69 Å². The Morgan fingerprint density at radius 2 is 1.90 bits per heavy atom. The van der Waals surface area contributed by atoms with Crippen molar-refractivity contribution in [2.75, 3.05) is 5.32 Å². The van der Waals surface area contributed by atoms with Gasteiger partial charge in [-0.3, -0.25) is 14.7 Å². The van der Waals surface area contributed by atoms with Crippen LogP contribution in [0.25, 0.3) is 11.2 Å². The van der Waals surface area contributed by atoms with Crippen LogP contribution in [-0.2, 0) is 6.54 Å². The Morgan fingerprint density at radius 1 is 1.03 bits per heavy atom. The fourth-order valence-electron chi connectivity index (χ4n) is 2.63. The lowest BCUT2D eigenvalue weighted by Gasteiger charge is -2.08. The number of aromatic hydroxyl groups is 1. The van der Waals surface area contributed by atoms with E-state index in [9.17, 15) is 14.7 Å². The Bertz CT molecular complexity index is 1210. The van der Waals surface area contributed by atoms with Crippen LogP contribution >= 0.6 is 0 Å². The van der Waals surface area contributed by atoms with Crippen molar-refractivity contribution in [2.24, 2.45) is 0 Å². The number of amides is 2. The summed E-state index contributed by atoms with van der Waals surface area (Å²) in [6, 6.07) is 7.76. The lowest BCUT2D eigenvalue weighted by atomic mass is 10.2. The first-order valence-corrected chi connectivity index (χ1v) is 8.46. The lowest BCUT2D eigenvalue weighted by Crippen LogP contribution is -2.23. The third kappa shape index (κ3) is 3.83. The molecule has 4 aromatic rings. The number of pyridine rings is 3. The molecule has 0 bridgehead atoms. The largest absolute Gasteiger partial charge is 0.505 e. The van der Waals surface area contributed by atoms with Crippen LogP contribution in [0.3, 0.4) is 0 Å². The molecule has 0 saturated carbocycles. The molecule has 11 nitrogen and oxygen atoms in total. The van der Waals surface area contributed by atoms with Gasteiger partial charge < -0.3 is 15.7 Å². The van der Waals surface area contributed by atoms with Crippen LogP contribution in [0.5, 0.6) is 5.75 Å². The van der Waals surface area contributed by atoms with E-state index in [0.717, 1.165) is 0 Å². The molecule has 4 N–H and O–H groups in total. The van der Waals surface area contributed by atoms with Crippen molar-refractivity contribution in [3.8, 4) is 5.75 Å². The lowest BCUT2D eigenvalue weighted by molar-refractivity contribution is 0.0951. The molecule has 0 aromatic carbocycles. The topological polar surface area (TPSA) is 159 Å². The number of nitrogens with one attached hydrogen (secondary N) is 3. The van der Waals surface area contributed by atoms with Crippen LogP contribution in [-0.4, -0.2) is 47.3 Å². The maximum atomic E-state index is 12.5. The summed E-state index contributed by atoms with van der Waals surface area (Å²) in [5, 5.41) is 25.1. The molecule has 0 radical (unpaired) electrons. The summed E-state index contributed by atoms with van der Waals surface area (Å²) in [7, 11) is 0. The summed E-state index contributed by atoms with van der Waals surface area (Å²) in [5.74, 6) is -0.895. The van der Waals surface area contributed by atoms with Crippen molar-refractivity contribution in [2.45, 2.75) is 6.54 Å². The van der Waals surface area contributed by atoms with Gasteiger partial charge in [-0.25, -0.2) is 15.0 Å². The molecule has 2 amide bonds. The fraction of sp³-hybridized carbons (Fsp3) is 0.0556. The van der Waals surface area contributed by atoms with Crippen molar-refractivity contribution in [3.05, 3.63) is 65.7 Å². The van der Waals surface area contributed by atoms with E-state index in [1.54, 1.807) is 18.2 Å². The molecule has 0 fully saturated rings. The molecule has 4 aromatic heterocycles. The first-order chi connectivity index (χ1) is 14.1. The zero-order chi connectivity index (χ0) is 20.2. The maximum absolute atomic E-state index is 12.5. The predicted molar refractivity (Wildman–Crippen MR) is 101 cm³/mol. The van der Waals surface area contributed by atoms with Crippen LogP contribution in [0.2, 0.25) is 0 Å². The number of anilines is 1. The zero-order valence-electron chi connectivity index (χ0n) is 14.8. The highest BCUT2D eigenvalue weighted by atomic mass is 16.3. The Kier molecular flexibility index (Phi) is 4.76. The highest BCUT2D eigenvalue weighted by molar-refractivity contribution is 6.04. The van der Waals surface area contributed by atoms with Gasteiger partial charge in [-0.05, 0) is 35.9 Å². The van der Waals surface area contributed by atoms with Crippen molar-refractivity contribution >= 4 is 28.8 Å². The molecule has 0 aliphatic carbocycles. The number of aromatic amines is 1. The number of fused-ring (bicyclic) bond motifs is 1. The van der Waals surface area contributed by atoms with Crippen molar-refractivity contribution in [1.29, 1.82) is 0 Å². The number of hydrogen-bond acceptors (Lipinski definition) is 8. The summed E-state index contributed by atoms with van der Waals surface area (Å²) in [5.41, 5.74) is 1.77. The van der Waals surface area contributed by atoms with Crippen LogP contribution in [0, 0.1) is 0 Å². The summed E-state index contributed by atoms with van der Waals surface area (Å²) in [6.07, 6.45) is 4.38. The number of rotatable bonds is 5. The first-order valence-electron chi connectivity index (χ1n) is 8.46. The van der Waals surface area contributed by atoms with E-state index >= 15 is 0 Å². The molecule has 0 aliphatic heterocycles. The van der Waals surface area contributed by atoms with Gasteiger partial charge in [-0.2, -0.15) is 0 Å². The smallest absolute Gasteiger partial charge is 0.279 e. The number of aromatic nitrogens is 6. The van der Waals surface area contributed by atoms with Gasteiger partial charge in [-0.15, -0.1) is 5.10 Å². The van der Waals surface area contributed by atoms with E-state index in [1.807, 2.05) is 0 Å². The van der Waals surface area contributed by atoms with Crippen LogP contribution in [0.4, 0.5) is 5.82 Å². The number of nitrogens with zero attached hydrogens (tertiary/aromatic N) is 5.